The second-order valence-corrected chi connectivity index (χ2v) is 4.86. The third kappa shape index (κ3) is 2.94. The van der Waals surface area contributed by atoms with Crippen molar-refractivity contribution in [2.75, 3.05) is 0 Å². The zero-order valence-corrected chi connectivity index (χ0v) is 10.2. The van der Waals surface area contributed by atoms with E-state index in [1.54, 1.807) is 0 Å². The second kappa shape index (κ2) is 5.76. The summed E-state index contributed by atoms with van der Waals surface area (Å²) in [6.07, 6.45) is 3.33. The van der Waals surface area contributed by atoms with Gasteiger partial charge in [0.25, 0.3) is 0 Å². The number of nitro groups is 1. The molecule has 96 valence electrons. The van der Waals surface area contributed by atoms with Crippen LogP contribution in [0, 0.1) is 16.0 Å². The van der Waals surface area contributed by atoms with Crippen LogP contribution in [0.1, 0.15) is 31.2 Å². The van der Waals surface area contributed by atoms with Crippen molar-refractivity contribution >= 4 is 5.78 Å². The summed E-state index contributed by atoms with van der Waals surface area (Å²) >= 11 is 0. The van der Waals surface area contributed by atoms with Gasteiger partial charge in [-0.1, -0.05) is 36.8 Å². The van der Waals surface area contributed by atoms with Crippen LogP contribution in [0.25, 0.3) is 0 Å². The largest absolute Gasteiger partial charge is 0.299 e. The van der Waals surface area contributed by atoms with E-state index in [2.05, 4.69) is 0 Å². The maximum Gasteiger partial charge on any atom is 0.226 e. The first kappa shape index (κ1) is 12.7. The highest BCUT2D eigenvalue weighted by Crippen LogP contribution is 2.26. The molecule has 1 aromatic rings. The number of rotatable bonds is 4. The quantitative estimate of drug-likeness (QED) is 0.607. The zero-order chi connectivity index (χ0) is 13.0. The van der Waals surface area contributed by atoms with Gasteiger partial charge < -0.3 is 0 Å². The Hall–Kier alpha value is -1.71. The molecule has 4 nitrogen and oxygen atoms in total. The highest BCUT2D eigenvalue weighted by molar-refractivity contribution is 5.82. The van der Waals surface area contributed by atoms with E-state index < -0.39 is 12.0 Å². The predicted molar refractivity (Wildman–Crippen MR) is 67.9 cm³/mol. The van der Waals surface area contributed by atoms with E-state index in [9.17, 15) is 14.9 Å². The molecule has 1 aliphatic carbocycles. The van der Waals surface area contributed by atoms with E-state index in [0.29, 0.717) is 19.3 Å². The molecule has 0 spiro atoms. The van der Waals surface area contributed by atoms with E-state index >= 15 is 0 Å². The lowest BCUT2D eigenvalue weighted by molar-refractivity contribution is -0.529. The number of hydrogen-bond donors (Lipinski definition) is 0. The van der Waals surface area contributed by atoms with Crippen LogP contribution in [0.5, 0.6) is 0 Å². The van der Waals surface area contributed by atoms with Gasteiger partial charge in [-0.15, -0.1) is 0 Å². The highest BCUT2D eigenvalue weighted by atomic mass is 16.6. The Morgan fingerprint density at radius 1 is 1.28 bits per heavy atom. The number of benzene rings is 1. The summed E-state index contributed by atoms with van der Waals surface area (Å²) in [5.74, 6) is -0.326. The van der Waals surface area contributed by atoms with Crippen molar-refractivity contribution in [1.29, 1.82) is 0 Å². The molecule has 0 amide bonds. The average molecular weight is 247 g/mol. The number of Topliss-reactive ketones (excluding diaryl/α,β-unsaturated/α-hetero) is 1. The maximum atomic E-state index is 11.8. The summed E-state index contributed by atoms with van der Waals surface area (Å²) < 4.78 is 0. The lowest BCUT2D eigenvalue weighted by atomic mass is 9.81. The molecule has 2 rings (SSSR count). The third-order valence-corrected chi connectivity index (χ3v) is 3.62. The normalized spacial score (nSPS) is 21.6. The fourth-order valence-corrected chi connectivity index (χ4v) is 2.64. The molecule has 4 heteroatoms. The van der Waals surface area contributed by atoms with E-state index in [0.717, 1.165) is 18.4 Å². The molecule has 18 heavy (non-hydrogen) atoms. The molecule has 1 saturated carbocycles. The van der Waals surface area contributed by atoms with Crippen LogP contribution >= 0.6 is 0 Å². The second-order valence-electron chi connectivity index (χ2n) is 4.86. The van der Waals surface area contributed by atoms with E-state index in [-0.39, 0.29) is 10.7 Å². The van der Waals surface area contributed by atoms with Gasteiger partial charge in [0.15, 0.2) is 0 Å². The van der Waals surface area contributed by atoms with Crippen molar-refractivity contribution in [3.05, 3.63) is 46.0 Å². The minimum atomic E-state index is -0.764. The van der Waals surface area contributed by atoms with Gasteiger partial charge in [0.1, 0.15) is 5.78 Å². The van der Waals surface area contributed by atoms with Crippen molar-refractivity contribution < 1.29 is 9.72 Å². The Balaban J connectivity index is 2.13. The lowest BCUT2D eigenvalue weighted by Crippen LogP contribution is -2.38. The first-order chi connectivity index (χ1) is 8.68. The standard InChI is InChI=1S/C14H17NO3/c16-14-9-5-4-8-12(14)13(15(17)18)10-11-6-2-1-3-7-11/h1-3,6-7,12-13H,4-5,8-10H2/t12-,13-/m0/s1. The fourth-order valence-electron chi connectivity index (χ4n) is 2.64. The van der Waals surface area contributed by atoms with Crippen LogP contribution in [0.3, 0.4) is 0 Å². The molecule has 1 aromatic carbocycles. The van der Waals surface area contributed by atoms with E-state index in [1.807, 2.05) is 30.3 Å². The molecule has 0 N–H and O–H groups in total. The molecule has 1 aliphatic rings. The minimum Gasteiger partial charge on any atom is -0.299 e. The predicted octanol–water partition coefficient (Wildman–Crippen LogP) is 2.63. The molecule has 0 aromatic heterocycles. The molecule has 0 radical (unpaired) electrons. The van der Waals surface area contributed by atoms with Crippen LogP contribution in [-0.4, -0.2) is 16.7 Å². The van der Waals surface area contributed by atoms with Crippen LogP contribution < -0.4 is 0 Å². The minimum absolute atomic E-state index is 0.0684. The van der Waals surface area contributed by atoms with Gasteiger partial charge in [0.2, 0.25) is 6.04 Å². The summed E-state index contributed by atoms with van der Waals surface area (Å²) in [4.78, 5) is 22.8. The number of carbonyl (C=O) groups is 1. The van der Waals surface area contributed by atoms with Crippen LogP contribution in [0.4, 0.5) is 0 Å². The number of carbonyl (C=O) groups excluding carboxylic acids is 1. The van der Waals surface area contributed by atoms with Crippen LogP contribution in [0.15, 0.2) is 30.3 Å². The van der Waals surface area contributed by atoms with Gasteiger partial charge in [-0.3, -0.25) is 14.9 Å². The van der Waals surface area contributed by atoms with Crippen molar-refractivity contribution in [2.24, 2.45) is 5.92 Å². The Kier molecular flexibility index (Phi) is 4.07. The van der Waals surface area contributed by atoms with E-state index in [1.165, 1.54) is 0 Å². The Morgan fingerprint density at radius 2 is 2.00 bits per heavy atom. The summed E-state index contributed by atoms with van der Waals surface area (Å²) in [5.41, 5.74) is 0.928. The molecular weight excluding hydrogens is 230 g/mol. The van der Waals surface area contributed by atoms with Crippen LogP contribution in [-0.2, 0) is 11.2 Å². The van der Waals surface area contributed by atoms with Gasteiger partial charge in [-0.25, -0.2) is 0 Å². The number of nitrogens with zero attached hydrogens (tertiary/aromatic N) is 1. The molecule has 0 aliphatic heterocycles. The summed E-state index contributed by atoms with van der Waals surface area (Å²) in [6.45, 7) is 0. The Morgan fingerprint density at radius 3 is 2.61 bits per heavy atom. The fraction of sp³-hybridized carbons (Fsp3) is 0.500. The monoisotopic (exact) mass is 247 g/mol. The first-order valence-corrected chi connectivity index (χ1v) is 6.38. The SMILES string of the molecule is O=C1CCCC[C@H]1[C@H](Cc1ccccc1)[N+](=O)[O-]. The van der Waals surface area contributed by atoms with Gasteiger partial charge in [-0.2, -0.15) is 0 Å². The first-order valence-electron chi connectivity index (χ1n) is 6.38. The summed E-state index contributed by atoms with van der Waals surface area (Å²) in [7, 11) is 0. The topological polar surface area (TPSA) is 60.2 Å². The van der Waals surface area contributed by atoms with Gasteiger partial charge >= 0.3 is 0 Å². The van der Waals surface area contributed by atoms with Gasteiger partial charge in [0.05, 0.1) is 5.92 Å². The average Bonchev–Trinajstić information content (AvgIpc) is 2.38. The maximum absolute atomic E-state index is 11.8. The molecule has 0 saturated heterocycles. The van der Waals surface area contributed by atoms with Crippen LogP contribution in [0.2, 0.25) is 0 Å². The number of ketones is 1. The Labute approximate surface area is 106 Å². The molecule has 0 bridgehead atoms. The van der Waals surface area contributed by atoms with Crippen molar-refractivity contribution in [2.45, 2.75) is 38.1 Å². The molecule has 0 unspecified atom stereocenters. The third-order valence-electron chi connectivity index (χ3n) is 3.62. The molecule has 2 atom stereocenters. The number of hydrogen-bond acceptors (Lipinski definition) is 3. The summed E-state index contributed by atoms with van der Waals surface area (Å²) in [6, 6.07) is 8.62. The zero-order valence-electron chi connectivity index (χ0n) is 10.2. The van der Waals surface area contributed by atoms with Gasteiger partial charge in [0, 0.05) is 17.8 Å². The molecule has 0 heterocycles. The van der Waals surface area contributed by atoms with Crippen molar-refractivity contribution in [1.82, 2.24) is 0 Å². The Bertz CT molecular complexity index is 430. The smallest absolute Gasteiger partial charge is 0.226 e. The van der Waals surface area contributed by atoms with Gasteiger partial charge in [-0.05, 0) is 18.4 Å². The summed E-state index contributed by atoms with van der Waals surface area (Å²) in [5, 5.41) is 11.2. The van der Waals surface area contributed by atoms with E-state index in [4.69, 9.17) is 0 Å². The molecular formula is C14H17NO3. The lowest BCUT2D eigenvalue weighted by Gasteiger charge is -2.23. The van der Waals surface area contributed by atoms with Crippen molar-refractivity contribution in [3.63, 3.8) is 0 Å². The highest BCUT2D eigenvalue weighted by Gasteiger charge is 2.37. The molecule has 1 fully saturated rings. The van der Waals surface area contributed by atoms with Crippen molar-refractivity contribution in [3.8, 4) is 0 Å².